The van der Waals surface area contributed by atoms with E-state index in [1.165, 1.54) is 0 Å². The van der Waals surface area contributed by atoms with Gasteiger partial charge in [0.25, 0.3) is 0 Å². The van der Waals surface area contributed by atoms with E-state index < -0.39 is 0 Å². The number of hydrogen-bond donors (Lipinski definition) is 2. The molecule has 0 saturated heterocycles. The molecule has 0 aliphatic carbocycles. The van der Waals surface area contributed by atoms with Gasteiger partial charge in [-0.1, -0.05) is 35.0 Å². The highest BCUT2D eigenvalue weighted by molar-refractivity contribution is 6.34. The van der Waals surface area contributed by atoms with E-state index in [0.717, 1.165) is 35.2 Å². The Kier molecular flexibility index (Phi) is 6.40. The van der Waals surface area contributed by atoms with Gasteiger partial charge >= 0.3 is 0 Å². The molecular weight excluding hydrogens is 397 g/mol. The zero-order chi connectivity index (χ0) is 20.3. The van der Waals surface area contributed by atoms with E-state index in [1.54, 1.807) is 6.20 Å². The van der Waals surface area contributed by atoms with Crippen LogP contribution in [0, 0.1) is 25.7 Å². The van der Waals surface area contributed by atoms with Crippen molar-refractivity contribution in [3.05, 3.63) is 45.0 Å². The molecule has 0 aliphatic rings. The highest BCUT2D eigenvalue weighted by Gasteiger charge is 2.16. The van der Waals surface area contributed by atoms with E-state index in [9.17, 15) is 0 Å². The van der Waals surface area contributed by atoms with Crippen LogP contribution in [0.3, 0.4) is 0 Å². The highest BCUT2D eigenvalue weighted by atomic mass is 35.5. The fourth-order valence-corrected chi connectivity index (χ4v) is 3.36. The van der Waals surface area contributed by atoms with Crippen molar-refractivity contribution in [2.24, 2.45) is 0 Å². The first kappa shape index (κ1) is 20.4. The molecule has 0 atom stereocenters. The van der Waals surface area contributed by atoms with E-state index in [1.807, 2.05) is 24.6 Å². The molecular formula is C20H21Cl2N5O. The SMILES string of the molecule is Cc1cnc(Cn2cc(C#CCCCCO)c3c(Cl)nc(N)nc32)c(C)c1Cl. The van der Waals surface area contributed by atoms with Gasteiger partial charge in [0.2, 0.25) is 5.95 Å². The number of aromatic nitrogens is 4. The van der Waals surface area contributed by atoms with Crippen molar-refractivity contribution in [2.45, 2.75) is 39.7 Å². The normalized spacial score (nSPS) is 10.9. The number of halogens is 2. The summed E-state index contributed by atoms with van der Waals surface area (Å²) in [6.45, 7) is 4.50. The first-order chi connectivity index (χ1) is 13.4. The molecule has 8 heteroatoms. The molecule has 3 heterocycles. The summed E-state index contributed by atoms with van der Waals surface area (Å²) in [4.78, 5) is 12.9. The summed E-state index contributed by atoms with van der Waals surface area (Å²) in [6.07, 6.45) is 5.91. The number of pyridine rings is 1. The van der Waals surface area contributed by atoms with Gasteiger partial charge in [0, 0.05) is 30.4 Å². The minimum absolute atomic E-state index is 0.103. The van der Waals surface area contributed by atoms with E-state index >= 15 is 0 Å². The molecule has 28 heavy (non-hydrogen) atoms. The molecule has 3 N–H and O–H groups in total. The summed E-state index contributed by atoms with van der Waals surface area (Å²) in [5.74, 6) is 6.37. The summed E-state index contributed by atoms with van der Waals surface area (Å²) in [6, 6.07) is 0. The highest BCUT2D eigenvalue weighted by Crippen LogP contribution is 2.28. The quantitative estimate of drug-likeness (QED) is 0.373. The monoisotopic (exact) mass is 417 g/mol. The number of unbranched alkanes of at least 4 members (excludes halogenated alkanes) is 2. The summed E-state index contributed by atoms with van der Waals surface area (Å²) in [5, 5.41) is 10.5. The number of aliphatic hydroxyl groups excluding tert-OH is 1. The van der Waals surface area contributed by atoms with Crippen LogP contribution in [0.4, 0.5) is 5.95 Å². The maximum Gasteiger partial charge on any atom is 0.223 e. The van der Waals surface area contributed by atoms with Crippen molar-refractivity contribution in [1.82, 2.24) is 19.5 Å². The molecule has 0 unspecified atom stereocenters. The Morgan fingerprint density at radius 3 is 2.75 bits per heavy atom. The Morgan fingerprint density at radius 2 is 2.00 bits per heavy atom. The molecule has 6 nitrogen and oxygen atoms in total. The van der Waals surface area contributed by atoms with Crippen molar-refractivity contribution in [3.63, 3.8) is 0 Å². The number of nitrogens with zero attached hydrogens (tertiary/aromatic N) is 4. The average molecular weight is 418 g/mol. The predicted octanol–water partition coefficient (Wildman–Crippen LogP) is 3.89. The molecule has 146 valence electrons. The lowest BCUT2D eigenvalue weighted by Crippen LogP contribution is -2.06. The van der Waals surface area contributed by atoms with Gasteiger partial charge in [-0.3, -0.25) is 4.98 Å². The van der Waals surface area contributed by atoms with E-state index in [4.69, 9.17) is 34.0 Å². The van der Waals surface area contributed by atoms with E-state index in [0.29, 0.717) is 29.0 Å². The van der Waals surface area contributed by atoms with Crippen LogP contribution < -0.4 is 5.73 Å². The number of nitrogens with two attached hydrogens (primary N) is 1. The number of nitrogen functional groups attached to an aromatic ring is 1. The smallest absolute Gasteiger partial charge is 0.223 e. The Morgan fingerprint density at radius 1 is 1.21 bits per heavy atom. The number of rotatable bonds is 5. The van der Waals surface area contributed by atoms with Crippen LogP contribution in [0.2, 0.25) is 10.2 Å². The van der Waals surface area contributed by atoms with Crippen LogP contribution in [0.5, 0.6) is 0 Å². The second-order valence-corrected chi connectivity index (χ2v) is 7.29. The Bertz CT molecular complexity index is 1080. The van der Waals surface area contributed by atoms with Crippen molar-refractivity contribution in [1.29, 1.82) is 0 Å². The minimum Gasteiger partial charge on any atom is -0.396 e. The predicted molar refractivity (Wildman–Crippen MR) is 113 cm³/mol. The summed E-state index contributed by atoms with van der Waals surface area (Å²) in [5.41, 5.74) is 9.85. The number of hydrogen-bond acceptors (Lipinski definition) is 5. The zero-order valence-electron chi connectivity index (χ0n) is 15.8. The molecule has 0 amide bonds. The molecule has 3 aromatic rings. The Labute approximate surface area is 173 Å². The molecule has 3 rings (SSSR count). The fourth-order valence-electron chi connectivity index (χ4n) is 2.93. The van der Waals surface area contributed by atoms with Gasteiger partial charge in [-0.2, -0.15) is 4.98 Å². The van der Waals surface area contributed by atoms with Gasteiger partial charge < -0.3 is 15.4 Å². The van der Waals surface area contributed by atoms with Crippen molar-refractivity contribution in [3.8, 4) is 11.8 Å². The molecule has 0 aliphatic heterocycles. The fraction of sp³-hybridized carbons (Fsp3) is 0.350. The van der Waals surface area contributed by atoms with Crippen LogP contribution in [-0.2, 0) is 6.54 Å². The van der Waals surface area contributed by atoms with Crippen LogP contribution in [0.1, 0.15) is 41.6 Å². The molecule has 3 aromatic heterocycles. The first-order valence-electron chi connectivity index (χ1n) is 8.94. The molecule has 0 spiro atoms. The lowest BCUT2D eigenvalue weighted by atomic mass is 10.1. The van der Waals surface area contributed by atoms with Crippen molar-refractivity contribution in [2.75, 3.05) is 12.3 Å². The molecule has 0 saturated carbocycles. The standard InChI is InChI=1S/C20H21Cl2N5O/c1-12-9-24-15(13(2)17(12)21)11-27-10-14(7-5-3-4-6-8-28)16-18(22)25-20(23)26-19(16)27/h9-10,28H,3-4,6,8,11H2,1-2H3,(H2,23,25,26). The van der Waals surface area contributed by atoms with Gasteiger partial charge in [0.15, 0.2) is 0 Å². The Balaban J connectivity index is 2.04. The van der Waals surface area contributed by atoms with Crippen LogP contribution >= 0.6 is 23.2 Å². The lowest BCUT2D eigenvalue weighted by molar-refractivity contribution is 0.285. The zero-order valence-corrected chi connectivity index (χ0v) is 17.3. The number of aryl methyl sites for hydroxylation is 1. The minimum atomic E-state index is 0.103. The average Bonchev–Trinajstić information content (AvgIpc) is 2.99. The maximum atomic E-state index is 8.88. The van der Waals surface area contributed by atoms with E-state index in [2.05, 4.69) is 26.8 Å². The van der Waals surface area contributed by atoms with Crippen LogP contribution in [-0.4, -0.2) is 31.2 Å². The third-order valence-electron chi connectivity index (χ3n) is 4.46. The number of aliphatic hydroxyl groups is 1. The third-order valence-corrected chi connectivity index (χ3v) is 5.32. The molecule has 0 radical (unpaired) electrons. The second kappa shape index (κ2) is 8.78. The van der Waals surface area contributed by atoms with Crippen molar-refractivity contribution < 1.29 is 5.11 Å². The largest absolute Gasteiger partial charge is 0.396 e. The Hall–Kier alpha value is -2.33. The maximum absolute atomic E-state index is 8.88. The number of anilines is 1. The topological polar surface area (TPSA) is 89.8 Å². The van der Waals surface area contributed by atoms with Gasteiger partial charge in [-0.05, 0) is 37.8 Å². The summed E-state index contributed by atoms with van der Waals surface area (Å²) < 4.78 is 1.91. The molecule has 0 aromatic carbocycles. The van der Waals surface area contributed by atoms with Gasteiger partial charge in [0.1, 0.15) is 10.8 Å². The third kappa shape index (κ3) is 4.22. The van der Waals surface area contributed by atoms with Crippen LogP contribution in [0.15, 0.2) is 12.4 Å². The summed E-state index contributed by atoms with van der Waals surface area (Å²) in [7, 11) is 0. The van der Waals surface area contributed by atoms with Crippen molar-refractivity contribution >= 4 is 40.2 Å². The number of fused-ring (bicyclic) bond motifs is 1. The first-order valence-corrected chi connectivity index (χ1v) is 9.70. The second-order valence-electron chi connectivity index (χ2n) is 6.55. The van der Waals surface area contributed by atoms with Gasteiger partial charge in [-0.15, -0.1) is 0 Å². The molecule has 0 bridgehead atoms. The lowest BCUT2D eigenvalue weighted by Gasteiger charge is -2.10. The molecule has 0 fully saturated rings. The van der Waals surface area contributed by atoms with Gasteiger partial charge in [0.05, 0.1) is 23.2 Å². The van der Waals surface area contributed by atoms with E-state index in [-0.39, 0.29) is 17.7 Å². The van der Waals surface area contributed by atoms with Crippen LogP contribution in [0.25, 0.3) is 11.0 Å². The summed E-state index contributed by atoms with van der Waals surface area (Å²) >= 11 is 12.7. The van der Waals surface area contributed by atoms with Gasteiger partial charge in [-0.25, -0.2) is 4.98 Å².